The molecule has 2 atom stereocenters. The molecule has 0 aromatic rings. The summed E-state index contributed by atoms with van der Waals surface area (Å²) in [4.78, 5) is 11.8. The summed E-state index contributed by atoms with van der Waals surface area (Å²) in [5, 5.41) is 3.10. The summed E-state index contributed by atoms with van der Waals surface area (Å²) in [5.41, 5.74) is 5.79. The van der Waals surface area contributed by atoms with Crippen molar-refractivity contribution in [3.8, 4) is 0 Å². The highest BCUT2D eigenvalue weighted by molar-refractivity contribution is 5.76. The first-order valence-electron chi connectivity index (χ1n) is 9.15. The van der Waals surface area contributed by atoms with Gasteiger partial charge in [-0.3, -0.25) is 4.79 Å². The Hall–Kier alpha value is -0.570. The van der Waals surface area contributed by atoms with E-state index >= 15 is 0 Å². The number of nitrogens with two attached hydrogens (primary N) is 1. The molecule has 0 aliphatic heterocycles. The van der Waals surface area contributed by atoms with Crippen molar-refractivity contribution in [1.82, 2.24) is 5.32 Å². The summed E-state index contributed by atoms with van der Waals surface area (Å²) in [5.74, 6) is 0.199. The van der Waals surface area contributed by atoms with Crippen LogP contribution in [0, 0.1) is 0 Å². The van der Waals surface area contributed by atoms with Crippen LogP contribution in [0.15, 0.2) is 0 Å². The second-order valence-electron chi connectivity index (χ2n) is 6.46. The number of carbonyl (C=O) groups excluding carboxylic acids is 1. The lowest BCUT2D eigenvalue weighted by Crippen LogP contribution is -2.38. The molecule has 0 aliphatic rings. The molecule has 0 spiro atoms. The van der Waals surface area contributed by atoms with Gasteiger partial charge in [-0.2, -0.15) is 0 Å². The second kappa shape index (κ2) is 14.4. The van der Waals surface area contributed by atoms with Gasteiger partial charge in [-0.25, -0.2) is 0 Å². The van der Waals surface area contributed by atoms with Crippen molar-refractivity contribution < 1.29 is 4.79 Å². The Balaban J connectivity index is 3.44. The van der Waals surface area contributed by atoms with E-state index in [1.165, 1.54) is 51.4 Å². The largest absolute Gasteiger partial charge is 0.353 e. The summed E-state index contributed by atoms with van der Waals surface area (Å²) in [6, 6.07) is 0.402. The van der Waals surface area contributed by atoms with E-state index in [4.69, 9.17) is 5.73 Å². The fourth-order valence-corrected chi connectivity index (χ4v) is 2.67. The van der Waals surface area contributed by atoms with Crippen LogP contribution in [0.2, 0.25) is 0 Å². The molecule has 0 fully saturated rings. The maximum atomic E-state index is 11.8. The molecule has 0 aromatic carbocycles. The van der Waals surface area contributed by atoms with Gasteiger partial charge in [0, 0.05) is 18.5 Å². The topological polar surface area (TPSA) is 55.1 Å². The zero-order chi connectivity index (χ0) is 15.9. The fourth-order valence-electron chi connectivity index (χ4n) is 2.67. The van der Waals surface area contributed by atoms with Gasteiger partial charge in [0.05, 0.1) is 0 Å². The quantitative estimate of drug-likeness (QED) is 0.463. The molecular formula is C18H38N2O. The average Bonchev–Trinajstić information content (AvgIpc) is 2.44. The third-order valence-electron chi connectivity index (χ3n) is 4.02. The summed E-state index contributed by atoms with van der Waals surface area (Å²) in [6.45, 7) is 6.35. The molecule has 0 heterocycles. The number of hydrogen-bond acceptors (Lipinski definition) is 2. The number of hydrogen-bond donors (Lipinski definition) is 2. The standard InChI is InChI=1S/C18H38N2O/c1-4-6-7-8-9-10-11-12-13-14-18(21)20-17(5-2)15-16(3)19/h16-17H,4-15,19H2,1-3H3,(H,20,21). The van der Waals surface area contributed by atoms with Crippen molar-refractivity contribution in [2.24, 2.45) is 5.73 Å². The number of nitrogens with one attached hydrogen (secondary N) is 1. The maximum absolute atomic E-state index is 11.8. The highest BCUT2D eigenvalue weighted by Gasteiger charge is 2.11. The van der Waals surface area contributed by atoms with Gasteiger partial charge < -0.3 is 11.1 Å². The van der Waals surface area contributed by atoms with Crippen molar-refractivity contribution >= 4 is 5.91 Å². The summed E-state index contributed by atoms with van der Waals surface area (Å²) >= 11 is 0. The van der Waals surface area contributed by atoms with Gasteiger partial charge in [0.2, 0.25) is 5.91 Å². The van der Waals surface area contributed by atoms with Crippen LogP contribution in [-0.2, 0) is 4.79 Å². The summed E-state index contributed by atoms with van der Waals surface area (Å²) < 4.78 is 0. The molecule has 3 N–H and O–H groups in total. The minimum Gasteiger partial charge on any atom is -0.353 e. The van der Waals surface area contributed by atoms with Crippen LogP contribution >= 0.6 is 0 Å². The van der Waals surface area contributed by atoms with Gasteiger partial charge in [-0.15, -0.1) is 0 Å². The Morgan fingerprint density at radius 2 is 1.48 bits per heavy atom. The molecule has 3 nitrogen and oxygen atoms in total. The van der Waals surface area contributed by atoms with Crippen LogP contribution in [0.4, 0.5) is 0 Å². The molecule has 0 rings (SSSR count). The fraction of sp³-hybridized carbons (Fsp3) is 0.944. The van der Waals surface area contributed by atoms with Crippen LogP contribution in [0.3, 0.4) is 0 Å². The molecule has 126 valence electrons. The predicted octanol–water partition coefficient (Wildman–Crippen LogP) is 4.54. The van der Waals surface area contributed by atoms with E-state index in [1.807, 2.05) is 6.92 Å². The lowest BCUT2D eigenvalue weighted by Gasteiger charge is -2.18. The predicted molar refractivity (Wildman–Crippen MR) is 92.3 cm³/mol. The van der Waals surface area contributed by atoms with Gasteiger partial charge >= 0.3 is 0 Å². The third-order valence-corrected chi connectivity index (χ3v) is 4.02. The molecule has 0 saturated carbocycles. The lowest BCUT2D eigenvalue weighted by atomic mass is 10.0. The first-order valence-corrected chi connectivity index (χ1v) is 9.15. The Morgan fingerprint density at radius 3 is 1.95 bits per heavy atom. The molecule has 0 aromatic heterocycles. The minimum absolute atomic E-state index is 0.156. The van der Waals surface area contributed by atoms with E-state index in [-0.39, 0.29) is 18.0 Å². The molecule has 1 amide bonds. The monoisotopic (exact) mass is 298 g/mol. The SMILES string of the molecule is CCCCCCCCCCCC(=O)NC(CC)CC(C)N. The van der Waals surface area contributed by atoms with E-state index in [9.17, 15) is 4.79 Å². The number of amides is 1. The number of unbranched alkanes of at least 4 members (excludes halogenated alkanes) is 8. The van der Waals surface area contributed by atoms with E-state index in [0.717, 1.165) is 19.3 Å². The molecule has 21 heavy (non-hydrogen) atoms. The Bertz CT molecular complexity index is 241. The van der Waals surface area contributed by atoms with Crippen LogP contribution in [0.1, 0.15) is 97.8 Å². The maximum Gasteiger partial charge on any atom is 0.220 e. The molecule has 0 saturated heterocycles. The summed E-state index contributed by atoms with van der Waals surface area (Å²) in [6.07, 6.45) is 14.1. The van der Waals surface area contributed by atoms with Crippen molar-refractivity contribution in [3.05, 3.63) is 0 Å². The van der Waals surface area contributed by atoms with Crippen molar-refractivity contribution in [2.75, 3.05) is 0 Å². The van der Waals surface area contributed by atoms with Gasteiger partial charge in [0.15, 0.2) is 0 Å². The van der Waals surface area contributed by atoms with Gasteiger partial charge in [0.1, 0.15) is 0 Å². The first kappa shape index (κ1) is 20.4. The summed E-state index contributed by atoms with van der Waals surface area (Å²) in [7, 11) is 0. The van der Waals surface area contributed by atoms with Crippen LogP contribution in [-0.4, -0.2) is 18.0 Å². The molecule has 0 radical (unpaired) electrons. The highest BCUT2D eigenvalue weighted by atomic mass is 16.1. The zero-order valence-corrected chi connectivity index (χ0v) is 14.6. The lowest BCUT2D eigenvalue weighted by molar-refractivity contribution is -0.122. The number of rotatable bonds is 14. The van der Waals surface area contributed by atoms with E-state index in [1.54, 1.807) is 0 Å². The Labute approximate surface area is 132 Å². The highest BCUT2D eigenvalue weighted by Crippen LogP contribution is 2.10. The Kier molecular flexibility index (Phi) is 14.0. The van der Waals surface area contributed by atoms with E-state index in [0.29, 0.717) is 6.42 Å². The average molecular weight is 299 g/mol. The Morgan fingerprint density at radius 1 is 0.952 bits per heavy atom. The molecule has 0 aliphatic carbocycles. The molecular weight excluding hydrogens is 260 g/mol. The van der Waals surface area contributed by atoms with Gasteiger partial charge in [-0.1, -0.05) is 65.2 Å². The molecule has 0 bridgehead atoms. The van der Waals surface area contributed by atoms with Crippen LogP contribution in [0.25, 0.3) is 0 Å². The first-order chi connectivity index (χ1) is 10.1. The van der Waals surface area contributed by atoms with Crippen molar-refractivity contribution in [1.29, 1.82) is 0 Å². The second-order valence-corrected chi connectivity index (χ2v) is 6.46. The van der Waals surface area contributed by atoms with E-state index in [2.05, 4.69) is 19.2 Å². The van der Waals surface area contributed by atoms with Crippen molar-refractivity contribution in [3.63, 3.8) is 0 Å². The third kappa shape index (κ3) is 14.1. The minimum atomic E-state index is 0.156. The van der Waals surface area contributed by atoms with Crippen molar-refractivity contribution in [2.45, 2.75) is 110 Å². The van der Waals surface area contributed by atoms with Crippen LogP contribution < -0.4 is 11.1 Å². The van der Waals surface area contributed by atoms with Gasteiger partial charge in [-0.05, 0) is 26.2 Å². The number of carbonyl (C=O) groups is 1. The normalized spacial score (nSPS) is 13.9. The smallest absolute Gasteiger partial charge is 0.220 e. The molecule has 3 heteroatoms. The van der Waals surface area contributed by atoms with Gasteiger partial charge in [0.25, 0.3) is 0 Å². The zero-order valence-electron chi connectivity index (χ0n) is 14.6. The molecule has 2 unspecified atom stereocenters. The van der Waals surface area contributed by atoms with Crippen LogP contribution in [0.5, 0.6) is 0 Å². The van der Waals surface area contributed by atoms with E-state index < -0.39 is 0 Å².